The van der Waals surface area contributed by atoms with E-state index < -0.39 is 0 Å². The molecule has 2 aromatic carbocycles. The van der Waals surface area contributed by atoms with Gasteiger partial charge in [0, 0.05) is 17.6 Å². The second kappa shape index (κ2) is 10.6. The number of benzene rings is 2. The van der Waals surface area contributed by atoms with Crippen LogP contribution >= 0.6 is 15.9 Å². The average Bonchev–Trinajstić information content (AvgIpc) is 2.73. The Kier molecular flexibility index (Phi) is 7.83. The molecule has 1 heterocycles. The fourth-order valence-electron chi connectivity index (χ4n) is 3.63. The summed E-state index contributed by atoms with van der Waals surface area (Å²) in [4.78, 5) is 27.9. The number of hydrogen-bond donors (Lipinski definition) is 2. The Balaban J connectivity index is 1.59. The molecule has 6 heteroatoms. The number of nitrogens with one attached hydrogen (secondary N) is 2. The SMILES string of the molecule is CC(CNC(=O)c1ccccc1NC(=O)c1ccccc1Br)CN1CCCCC1. The predicted molar refractivity (Wildman–Crippen MR) is 120 cm³/mol. The molecule has 154 valence electrons. The standard InChI is InChI=1S/C23H28BrN3O2/c1-17(16-27-13-7-2-8-14-27)15-25-22(28)19-10-4-6-12-21(19)26-23(29)18-9-3-5-11-20(18)24/h3-6,9-12,17H,2,7-8,13-16H2,1H3,(H,25,28)(H,26,29). The van der Waals surface area contributed by atoms with E-state index in [1.54, 1.807) is 24.3 Å². The first-order valence-electron chi connectivity index (χ1n) is 10.2. The van der Waals surface area contributed by atoms with E-state index in [-0.39, 0.29) is 11.8 Å². The zero-order chi connectivity index (χ0) is 20.6. The van der Waals surface area contributed by atoms with Gasteiger partial charge in [-0.2, -0.15) is 0 Å². The maximum absolute atomic E-state index is 12.8. The molecule has 2 aromatic rings. The molecule has 29 heavy (non-hydrogen) atoms. The fourth-order valence-corrected chi connectivity index (χ4v) is 4.10. The summed E-state index contributed by atoms with van der Waals surface area (Å²) in [6.45, 7) is 6.09. The summed E-state index contributed by atoms with van der Waals surface area (Å²) in [6, 6.07) is 14.3. The van der Waals surface area contributed by atoms with Crippen LogP contribution in [-0.4, -0.2) is 42.9 Å². The molecule has 0 bridgehead atoms. The zero-order valence-electron chi connectivity index (χ0n) is 16.8. The van der Waals surface area contributed by atoms with Crippen LogP contribution in [0.2, 0.25) is 0 Å². The average molecular weight is 458 g/mol. The Morgan fingerprint density at radius 3 is 2.34 bits per heavy atom. The summed E-state index contributed by atoms with van der Waals surface area (Å²) in [5.41, 5.74) is 1.50. The molecule has 1 fully saturated rings. The number of anilines is 1. The van der Waals surface area contributed by atoms with Crippen molar-refractivity contribution in [1.82, 2.24) is 10.2 Å². The van der Waals surface area contributed by atoms with Crippen molar-refractivity contribution in [1.29, 1.82) is 0 Å². The van der Waals surface area contributed by atoms with Crippen LogP contribution in [-0.2, 0) is 0 Å². The van der Waals surface area contributed by atoms with Crippen molar-refractivity contribution in [3.63, 3.8) is 0 Å². The van der Waals surface area contributed by atoms with E-state index in [0.717, 1.165) is 19.6 Å². The number of piperidine rings is 1. The molecule has 0 saturated carbocycles. The van der Waals surface area contributed by atoms with Crippen molar-refractivity contribution in [3.8, 4) is 0 Å². The van der Waals surface area contributed by atoms with E-state index in [4.69, 9.17) is 0 Å². The second-order valence-corrected chi connectivity index (χ2v) is 8.51. The van der Waals surface area contributed by atoms with Gasteiger partial charge in [-0.3, -0.25) is 9.59 Å². The van der Waals surface area contributed by atoms with Crippen LogP contribution in [0.4, 0.5) is 5.69 Å². The molecule has 3 rings (SSSR count). The Morgan fingerprint density at radius 2 is 1.62 bits per heavy atom. The molecule has 0 aliphatic carbocycles. The van der Waals surface area contributed by atoms with E-state index in [0.29, 0.717) is 33.7 Å². The Bertz CT molecular complexity index is 850. The van der Waals surface area contributed by atoms with Crippen LogP contribution in [0.25, 0.3) is 0 Å². The summed E-state index contributed by atoms with van der Waals surface area (Å²) in [6.07, 6.45) is 3.86. The summed E-state index contributed by atoms with van der Waals surface area (Å²) >= 11 is 3.40. The highest BCUT2D eigenvalue weighted by Gasteiger charge is 2.17. The van der Waals surface area contributed by atoms with Crippen molar-refractivity contribution < 1.29 is 9.59 Å². The normalized spacial score (nSPS) is 15.5. The van der Waals surface area contributed by atoms with E-state index in [9.17, 15) is 9.59 Å². The molecule has 2 N–H and O–H groups in total. The van der Waals surface area contributed by atoms with Gasteiger partial charge in [-0.1, -0.05) is 37.6 Å². The molecule has 1 aliphatic rings. The third-order valence-corrected chi connectivity index (χ3v) is 5.86. The topological polar surface area (TPSA) is 61.4 Å². The van der Waals surface area contributed by atoms with E-state index >= 15 is 0 Å². The maximum atomic E-state index is 12.8. The number of nitrogens with zero attached hydrogens (tertiary/aromatic N) is 1. The lowest BCUT2D eigenvalue weighted by atomic mass is 10.1. The first-order chi connectivity index (χ1) is 14.0. The third kappa shape index (κ3) is 6.15. The van der Waals surface area contributed by atoms with Crippen molar-refractivity contribution in [2.24, 2.45) is 5.92 Å². The number of rotatable bonds is 7. The smallest absolute Gasteiger partial charge is 0.256 e. The highest BCUT2D eigenvalue weighted by atomic mass is 79.9. The molecule has 5 nitrogen and oxygen atoms in total. The van der Waals surface area contributed by atoms with Crippen LogP contribution in [0.3, 0.4) is 0 Å². The fraction of sp³-hybridized carbons (Fsp3) is 0.391. The zero-order valence-corrected chi connectivity index (χ0v) is 18.4. The molecule has 0 aromatic heterocycles. The first-order valence-corrected chi connectivity index (χ1v) is 11.0. The Labute approximate surface area is 181 Å². The largest absolute Gasteiger partial charge is 0.352 e. The molecular weight excluding hydrogens is 430 g/mol. The molecule has 1 atom stereocenters. The summed E-state index contributed by atoms with van der Waals surface area (Å²) in [7, 11) is 0. The van der Waals surface area contributed by atoms with Gasteiger partial charge in [0.1, 0.15) is 0 Å². The number of hydrogen-bond acceptors (Lipinski definition) is 3. The van der Waals surface area contributed by atoms with Gasteiger partial charge in [-0.05, 0) is 72.0 Å². The minimum Gasteiger partial charge on any atom is -0.352 e. The van der Waals surface area contributed by atoms with Crippen LogP contribution in [0.15, 0.2) is 53.0 Å². The summed E-state index contributed by atoms with van der Waals surface area (Å²) in [5.74, 6) is -0.0474. The van der Waals surface area contributed by atoms with Crippen molar-refractivity contribution in [2.45, 2.75) is 26.2 Å². The van der Waals surface area contributed by atoms with Gasteiger partial charge >= 0.3 is 0 Å². The summed E-state index contributed by atoms with van der Waals surface area (Å²) in [5, 5.41) is 5.89. The monoisotopic (exact) mass is 457 g/mol. The number of carbonyl (C=O) groups excluding carboxylic acids is 2. The second-order valence-electron chi connectivity index (χ2n) is 7.66. The van der Waals surface area contributed by atoms with Crippen LogP contribution < -0.4 is 10.6 Å². The van der Waals surface area contributed by atoms with Crippen LogP contribution in [0.1, 0.15) is 46.9 Å². The number of amides is 2. The predicted octanol–water partition coefficient (Wildman–Crippen LogP) is 4.55. The Morgan fingerprint density at radius 1 is 0.966 bits per heavy atom. The number of likely N-dealkylation sites (tertiary alicyclic amines) is 1. The van der Waals surface area contributed by atoms with Gasteiger partial charge in [-0.25, -0.2) is 0 Å². The van der Waals surface area contributed by atoms with E-state index in [2.05, 4.69) is 38.4 Å². The van der Waals surface area contributed by atoms with Crippen molar-refractivity contribution >= 4 is 33.4 Å². The molecule has 0 radical (unpaired) electrons. The lowest BCUT2D eigenvalue weighted by molar-refractivity contribution is 0.0943. The third-order valence-electron chi connectivity index (χ3n) is 5.17. The van der Waals surface area contributed by atoms with E-state index in [1.807, 2.05) is 24.3 Å². The first kappa shape index (κ1) is 21.5. The van der Waals surface area contributed by atoms with Gasteiger partial charge in [0.15, 0.2) is 0 Å². The molecule has 2 amide bonds. The van der Waals surface area contributed by atoms with Gasteiger partial charge in [0.25, 0.3) is 11.8 Å². The quantitative estimate of drug-likeness (QED) is 0.640. The highest BCUT2D eigenvalue weighted by molar-refractivity contribution is 9.10. The molecule has 1 unspecified atom stereocenters. The number of para-hydroxylation sites is 1. The van der Waals surface area contributed by atoms with Gasteiger partial charge in [-0.15, -0.1) is 0 Å². The van der Waals surface area contributed by atoms with E-state index in [1.165, 1.54) is 19.3 Å². The van der Waals surface area contributed by atoms with Gasteiger partial charge in [0.05, 0.1) is 16.8 Å². The number of carbonyl (C=O) groups is 2. The Hall–Kier alpha value is -2.18. The molecule has 1 saturated heterocycles. The van der Waals surface area contributed by atoms with Gasteiger partial charge in [0.2, 0.25) is 0 Å². The molecular formula is C23H28BrN3O2. The van der Waals surface area contributed by atoms with Crippen LogP contribution in [0.5, 0.6) is 0 Å². The summed E-state index contributed by atoms with van der Waals surface area (Å²) < 4.78 is 0.714. The van der Waals surface area contributed by atoms with Crippen LogP contribution in [0, 0.1) is 5.92 Å². The van der Waals surface area contributed by atoms with Gasteiger partial charge < -0.3 is 15.5 Å². The van der Waals surface area contributed by atoms with Crippen molar-refractivity contribution in [2.75, 3.05) is 31.5 Å². The minimum atomic E-state index is -0.254. The van der Waals surface area contributed by atoms with Crippen molar-refractivity contribution in [3.05, 3.63) is 64.1 Å². The molecule has 0 spiro atoms. The molecule has 1 aliphatic heterocycles. The maximum Gasteiger partial charge on any atom is 0.256 e. The number of halogens is 1. The minimum absolute atomic E-state index is 0.168. The lowest BCUT2D eigenvalue weighted by Gasteiger charge is -2.29. The highest BCUT2D eigenvalue weighted by Crippen LogP contribution is 2.20. The lowest BCUT2D eigenvalue weighted by Crippen LogP contribution is -2.38.